The molecule has 4 aliphatic rings. The van der Waals surface area contributed by atoms with E-state index >= 15 is 0 Å². The van der Waals surface area contributed by atoms with Gasteiger partial charge in [-0.3, -0.25) is 9.59 Å². The summed E-state index contributed by atoms with van der Waals surface area (Å²) >= 11 is 0. The van der Waals surface area contributed by atoms with E-state index in [2.05, 4.69) is 66.7 Å². The molecule has 3 fully saturated rings. The van der Waals surface area contributed by atoms with E-state index in [1.165, 1.54) is 25.3 Å². The Balaban J connectivity index is 1.61. The third-order valence-corrected chi connectivity index (χ3v) is 11.4. The molecule has 0 saturated heterocycles. The molecule has 34 heavy (non-hydrogen) atoms. The number of fused-ring (bicyclic) bond motifs is 5. The van der Waals surface area contributed by atoms with Crippen molar-refractivity contribution in [1.29, 1.82) is 0 Å². The highest BCUT2D eigenvalue weighted by atomic mass is 16.5. The van der Waals surface area contributed by atoms with Crippen LogP contribution in [0.2, 0.25) is 0 Å². The Labute approximate surface area is 208 Å². The highest BCUT2D eigenvalue weighted by Gasteiger charge is 2.66. The monoisotopic (exact) mass is 468 g/mol. The quantitative estimate of drug-likeness (QED) is 0.309. The van der Waals surface area contributed by atoms with Crippen LogP contribution in [0.1, 0.15) is 100 Å². The van der Waals surface area contributed by atoms with Gasteiger partial charge in [-0.05, 0) is 91.8 Å². The molecular formula is C31H48O3. The van der Waals surface area contributed by atoms with Crippen LogP contribution in [-0.2, 0) is 14.3 Å². The van der Waals surface area contributed by atoms with Crippen LogP contribution in [0.4, 0.5) is 0 Å². The summed E-state index contributed by atoms with van der Waals surface area (Å²) in [7, 11) is 0. The van der Waals surface area contributed by atoms with Crippen molar-refractivity contribution in [2.24, 2.45) is 51.8 Å². The molecule has 0 aromatic carbocycles. The zero-order valence-corrected chi connectivity index (χ0v) is 22.9. The summed E-state index contributed by atoms with van der Waals surface area (Å²) in [6.07, 6.45) is 14.2. The molecule has 0 amide bonds. The third kappa shape index (κ3) is 3.84. The molecule has 0 unspecified atom stereocenters. The molecule has 3 nitrogen and oxygen atoms in total. The first kappa shape index (κ1) is 25.7. The molecule has 0 aliphatic heterocycles. The van der Waals surface area contributed by atoms with Gasteiger partial charge in [-0.15, -0.1) is 0 Å². The molecule has 0 spiro atoms. The second kappa shape index (κ2) is 8.93. The number of esters is 1. The van der Waals surface area contributed by atoms with E-state index in [-0.39, 0.29) is 28.3 Å². The summed E-state index contributed by atoms with van der Waals surface area (Å²) in [4.78, 5) is 25.8. The zero-order chi connectivity index (χ0) is 25.1. The Kier molecular flexibility index (Phi) is 6.75. The fourth-order valence-electron chi connectivity index (χ4n) is 8.61. The van der Waals surface area contributed by atoms with Gasteiger partial charge in [-0.25, -0.2) is 0 Å². The second-order valence-corrected chi connectivity index (χ2v) is 13.3. The van der Waals surface area contributed by atoms with Crippen molar-refractivity contribution in [3.05, 3.63) is 23.8 Å². The van der Waals surface area contributed by atoms with Gasteiger partial charge in [0.25, 0.3) is 0 Å². The van der Waals surface area contributed by atoms with Gasteiger partial charge in [0.1, 0.15) is 11.9 Å². The smallest absolute Gasteiger partial charge is 0.302 e. The maximum absolute atomic E-state index is 14.2. The summed E-state index contributed by atoms with van der Waals surface area (Å²) in [5.74, 6) is 3.52. The van der Waals surface area contributed by atoms with Crippen LogP contribution in [0.25, 0.3) is 0 Å². The topological polar surface area (TPSA) is 43.4 Å². The Morgan fingerprint density at radius 1 is 1.09 bits per heavy atom. The van der Waals surface area contributed by atoms with E-state index in [4.69, 9.17) is 4.74 Å². The average molecular weight is 469 g/mol. The lowest BCUT2D eigenvalue weighted by Crippen LogP contribution is -2.60. The summed E-state index contributed by atoms with van der Waals surface area (Å²) < 4.78 is 5.61. The predicted octanol–water partition coefficient (Wildman–Crippen LogP) is 7.55. The molecule has 3 saturated carbocycles. The zero-order valence-electron chi connectivity index (χ0n) is 22.9. The van der Waals surface area contributed by atoms with E-state index in [1.807, 2.05) is 0 Å². The van der Waals surface area contributed by atoms with Crippen molar-refractivity contribution in [3.63, 3.8) is 0 Å². The first-order valence-electron chi connectivity index (χ1n) is 13.9. The minimum absolute atomic E-state index is 0.00909. The maximum Gasteiger partial charge on any atom is 0.302 e. The highest BCUT2D eigenvalue weighted by molar-refractivity contribution is 5.91. The van der Waals surface area contributed by atoms with E-state index in [1.54, 1.807) is 0 Å². The Morgan fingerprint density at radius 3 is 2.44 bits per heavy atom. The van der Waals surface area contributed by atoms with E-state index in [0.29, 0.717) is 47.7 Å². The van der Waals surface area contributed by atoms with Crippen molar-refractivity contribution in [3.8, 4) is 0 Å². The number of rotatable bonds is 5. The molecule has 4 aliphatic carbocycles. The Hall–Kier alpha value is -1.38. The SMILES string of the molecule is CC(=O)O[C@@H]1CC[C@]2(C)[C@@H](CC=C3[C@@H]4CC[C@H]([C@H](C)/C=C/[C@H](C)C(C)C)[C@@]4(C)CC(=O)[C@@]32C)C1. The average Bonchev–Trinajstić information content (AvgIpc) is 3.09. The fraction of sp³-hybridized carbons (Fsp3) is 0.806. The van der Waals surface area contributed by atoms with Crippen LogP contribution >= 0.6 is 0 Å². The van der Waals surface area contributed by atoms with Crippen LogP contribution in [0, 0.1) is 51.8 Å². The van der Waals surface area contributed by atoms with Crippen LogP contribution in [-0.4, -0.2) is 17.9 Å². The normalized spacial score (nSPS) is 43.7. The molecule has 190 valence electrons. The summed E-state index contributed by atoms with van der Waals surface area (Å²) in [5.41, 5.74) is 1.11. The van der Waals surface area contributed by atoms with Gasteiger partial charge >= 0.3 is 5.97 Å². The first-order valence-corrected chi connectivity index (χ1v) is 13.9. The maximum atomic E-state index is 14.2. The van der Waals surface area contributed by atoms with Crippen molar-refractivity contribution < 1.29 is 14.3 Å². The van der Waals surface area contributed by atoms with Crippen LogP contribution in [0.15, 0.2) is 23.8 Å². The molecule has 3 heteroatoms. The molecule has 4 rings (SSSR count). The Morgan fingerprint density at radius 2 is 1.79 bits per heavy atom. The highest BCUT2D eigenvalue weighted by Crippen LogP contribution is 2.70. The van der Waals surface area contributed by atoms with Crippen molar-refractivity contribution in [2.45, 2.75) is 106 Å². The lowest BCUT2D eigenvalue weighted by Gasteiger charge is -2.62. The number of ketones is 1. The van der Waals surface area contributed by atoms with Gasteiger partial charge < -0.3 is 4.74 Å². The number of ether oxygens (including phenoxy) is 1. The van der Waals surface area contributed by atoms with Gasteiger partial charge in [0, 0.05) is 13.3 Å². The van der Waals surface area contributed by atoms with Gasteiger partial charge in [-0.2, -0.15) is 0 Å². The second-order valence-electron chi connectivity index (χ2n) is 13.3. The molecule has 0 bridgehead atoms. The first-order chi connectivity index (χ1) is 15.8. The molecule has 0 N–H and O–H groups in total. The Bertz CT molecular complexity index is 883. The van der Waals surface area contributed by atoms with Crippen molar-refractivity contribution in [2.75, 3.05) is 0 Å². The lowest BCUT2D eigenvalue weighted by atomic mass is 9.41. The van der Waals surface area contributed by atoms with Gasteiger partial charge in [-0.1, -0.05) is 65.3 Å². The summed E-state index contributed by atoms with van der Waals surface area (Å²) in [6, 6.07) is 0. The largest absolute Gasteiger partial charge is 0.463 e. The van der Waals surface area contributed by atoms with Crippen LogP contribution < -0.4 is 0 Å². The number of Topliss-reactive ketones (excluding diaryl/α,β-unsaturated/α-hetero) is 1. The van der Waals surface area contributed by atoms with Crippen molar-refractivity contribution >= 4 is 11.8 Å². The van der Waals surface area contributed by atoms with Gasteiger partial charge in [0.15, 0.2) is 0 Å². The molecule has 0 heterocycles. The standard InChI is InChI=1S/C31H48O3/c1-19(2)20(3)9-10-21(4)25-13-14-26-27-12-11-23-17-24(34-22(5)32)15-16-30(23,7)31(27,8)28(33)18-29(25,26)6/h9-10,12,19-21,23-26H,11,13-18H2,1-8H3/b10-9+/t20-,21+,23-,24+,25+,26-,29+,30+,31+/m0/s1. The third-order valence-electron chi connectivity index (χ3n) is 11.4. The van der Waals surface area contributed by atoms with E-state index in [9.17, 15) is 9.59 Å². The van der Waals surface area contributed by atoms with Gasteiger partial charge in [0.2, 0.25) is 0 Å². The number of allylic oxidation sites excluding steroid dienone is 4. The van der Waals surface area contributed by atoms with Crippen LogP contribution in [0.5, 0.6) is 0 Å². The lowest BCUT2D eigenvalue weighted by molar-refractivity contribution is -0.161. The fourth-order valence-corrected chi connectivity index (χ4v) is 8.61. The van der Waals surface area contributed by atoms with Crippen LogP contribution in [0.3, 0.4) is 0 Å². The van der Waals surface area contributed by atoms with E-state index in [0.717, 1.165) is 25.7 Å². The minimum atomic E-state index is -0.374. The van der Waals surface area contributed by atoms with Crippen molar-refractivity contribution in [1.82, 2.24) is 0 Å². The summed E-state index contributed by atoms with van der Waals surface area (Å²) in [6.45, 7) is 17.9. The molecule has 9 atom stereocenters. The molecular weight excluding hydrogens is 420 g/mol. The number of carbonyl (C=O) groups excluding carboxylic acids is 2. The number of hydrogen-bond acceptors (Lipinski definition) is 3. The van der Waals surface area contributed by atoms with Gasteiger partial charge in [0.05, 0.1) is 5.41 Å². The summed E-state index contributed by atoms with van der Waals surface area (Å²) in [5, 5.41) is 0. The number of hydrogen-bond donors (Lipinski definition) is 0. The molecule has 0 aromatic heterocycles. The number of carbonyl (C=O) groups is 2. The molecule has 0 radical (unpaired) electrons. The van der Waals surface area contributed by atoms with E-state index < -0.39 is 0 Å². The minimum Gasteiger partial charge on any atom is -0.463 e. The molecule has 0 aromatic rings. The predicted molar refractivity (Wildman–Crippen MR) is 138 cm³/mol.